The van der Waals surface area contributed by atoms with Crippen molar-refractivity contribution in [3.63, 3.8) is 0 Å². The van der Waals surface area contributed by atoms with Gasteiger partial charge in [0.25, 0.3) is 0 Å². The fraction of sp³-hybridized carbons (Fsp3) is 0.607. The quantitative estimate of drug-likeness (QED) is 0.506. The minimum atomic E-state index is -1.03. The molecule has 1 aliphatic carbocycles. The monoisotopic (exact) mass is 562 g/mol. The van der Waals surface area contributed by atoms with E-state index in [4.69, 9.17) is 23.2 Å². The van der Waals surface area contributed by atoms with E-state index < -0.39 is 6.17 Å². The standard InChI is InChI=1S/C28H37Cl2FN6O/c1-18(2)35-8-6-34(7-9-35)16-21(20-4-5-22(29)23(30)15-20)28(38)37-12-10-36(11-13-37)27-25-19(3)14-24(31)26(25)32-17-33-27/h4-5,15,17-19,21,24H,6-14,16H2,1-3H3/t19-,21-,24+/m1/s1. The molecule has 38 heavy (non-hydrogen) atoms. The van der Waals surface area contributed by atoms with E-state index in [1.165, 1.54) is 6.33 Å². The third-order valence-electron chi connectivity index (χ3n) is 8.36. The molecule has 0 unspecified atom stereocenters. The molecule has 0 spiro atoms. The van der Waals surface area contributed by atoms with E-state index in [0.29, 0.717) is 60.9 Å². The number of fused-ring (bicyclic) bond motifs is 1. The summed E-state index contributed by atoms with van der Waals surface area (Å²) in [5, 5.41) is 0.956. The first-order valence-corrected chi connectivity index (χ1v) is 14.4. The van der Waals surface area contributed by atoms with Crippen LogP contribution in [-0.2, 0) is 4.79 Å². The Hall–Kier alpha value is -2.00. The second-order valence-corrected chi connectivity index (χ2v) is 11.9. The minimum Gasteiger partial charge on any atom is -0.353 e. The highest BCUT2D eigenvalue weighted by Crippen LogP contribution is 2.44. The molecular formula is C28H37Cl2FN6O. The van der Waals surface area contributed by atoms with Crippen molar-refractivity contribution in [2.24, 2.45) is 0 Å². The Morgan fingerprint density at radius 3 is 2.39 bits per heavy atom. The molecule has 1 aromatic carbocycles. The van der Waals surface area contributed by atoms with Crippen molar-refractivity contribution in [2.45, 2.75) is 51.2 Å². The first-order valence-electron chi connectivity index (χ1n) is 13.7. The molecule has 2 fully saturated rings. The Balaban J connectivity index is 1.30. The molecule has 2 aromatic rings. The molecule has 2 aliphatic heterocycles. The summed E-state index contributed by atoms with van der Waals surface area (Å²) in [4.78, 5) is 31.7. The molecule has 0 bridgehead atoms. The van der Waals surface area contributed by atoms with Crippen molar-refractivity contribution in [3.05, 3.63) is 51.4 Å². The van der Waals surface area contributed by atoms with E-state index in [1.54, 1.807) is 6.07 Å². The summed E-state index contributed by atoms with van der Waals surface area (Å²) in [6.45, 7) is 13.5. The molecule has 206 valence electrons. The van der Waals surface area contributed by atoms with Gasteiger partial charge in [-0.25, -0.2) is 14.4 Å². The van der Waals surface area contributed by atoms with Crippen molar-refractivity contribution in [1.29, 1.82) is 0 Å². The van der Waals surface area contributed by atoms with Crippen LogP contribution in [0.4, 0.5) is 10.2 Å². The van der Waals surface area contributed by atoms with Crippen LogP contribution in [-0.4, -0.2) is 95.5 Å². The Morgan fingerprint density at radius 1 is 1.03 bits per heavy atom. The number of benzene rings is 1. The van der Waals surface area contributed by atoms with Crippen molar-refractivity contribution in [3.8, 4) is 0 Å². The van der Waals surface area contributed by atoms with E-state index >= 15 is 0 Å². The van der Waals surface area contributed by atoms with E-state index in [2.05, 4.69) is 38.5 Å². The maximum atomic E-state index is 14.5. The molecule has 1 amide bonds. The van der Waals surface area contributed by atoms with Crippen LogP contribution in [0.2, 0.25) is 10.0 Å². The molecule has 7 nitrogen and oxygen atoms in total. The summed E-state index contributed by atoms with van der Waals surface area (Å²) < 4.78 is 14.5. The highest BCUT2D eigenvalue weighted by molar-refractivity contribution is 6.42. The summed E-state index contributed by atoms with van der Waals surface area (Å²) in [5.41, 5.74) is 2.35. The zero-order valence-electron chi connectivity index (χ0n) is 22.4. The number of carbonyl (C=O) groups is 1. The molecule has 3 atom stereocenters. The van der Waals surface area contributed by atoms with Crippen LogP contribution in [0.5, 0.6) is 0 Å². The number of aromatic nitrogens is 2. The number of amides is 1. The van der Waals surface area contributed by atoms with Gasteiger partial charge in [-0.05, 0) is 43.9 Å². The predicted octanol–water partition coefficient (Wildman–Crippen LogP) is 4.76. The van der Waals surface area contributed by atoms with Crippen LogP contribution in [0.1, 0.15) is 62.0 Å². The second kappa shape index (κ2) is 11.6. The second-order valence-electron chi connectivity index (χ2n) is 11.1. The van der Waals surface area contributed by atoms with Crippen molar-refractivity contribution in [2.75, 3.05) is 63.8 Å². The van der Waals surface area contributed by atoms with Gasteiger partial charge in [0.05, 0.1) is 21.7 Å². The van der Waals surface area contributed by atoms with Gasteiger partial charge in [-0.1, -0.05) is 36.2 Å². The van der Waals surface area contributed by atoms with Gasteiger partial charge in [0, 0.05) is 70.5 Å². The van der Waals surface area contributed by atoms with Crippen molar-refractivity contribution in [1.82, 2.24) is 24.7 Å². The van der Waals surface area contributed by atoms with Crippen LogP contribution >= 0.6 is 23.2 Å². The zero-order valence-corrected chi connectivity index (χ0v) is 23.9. The number of halogens is 3. The van der Waals surface area contributed by atoms with Gasteiger partial charge in [0.15, 0.2) is 0 Å². The Labute approximate surface area is 234 Å². The Bertz CT molecular complexity index is 1150. The number of hydrogen-bond donors (Lipinski definition) is 0. The fourth-order valence-corrected chi connectivity index (χ4v) is 6.35. The first-order chi connectivity index (χ1) is 18.2. The first kappa shape index (κ1) is 27.6. The summed E-state index contributed by atoms with van der Waals surface area (Å²) >= 11 is 12.6. The van der Waals surface area contributed by atoms with Crippen molar-refractivity contribution >= 4 is 34.9 Å². The molecule has 0 saturated carbocycles. The third-order valence-corrected chi connectivity index (χ3v) is 9.10. The minimum absolute atomic E-state index is 0.0889. The number of carbonyl (C=O) groups excluding carboxylic acids is 1. The smallest absolute Gasteiger partial charge is 0.231 e. The zero-order chi connectivity index (χ0) is 27.0. The molecule has 2 saturated heterocycles. The van der Waals surface area contributed by atoms with Gasteiger partial charge in [-0.3, -0.25) is 14.6 Å². The van der Waals surface area contributed by atoms with E-state index in [9.17, 15) is 9.18 Å². The van der Waals surface area contributed by atoms with E-state index in [-0.39, 0.29) is 17.7 Å². The van der Waals surface area contributed by atoms with E-state index in [1.807, 2.05) is 24.0 Å². The van der Waals surface area contributed by atoms with E-state index in [0.717, 1.165) is 43.1 Å². The van der Waals surface area contributed by atoms with Crippen LogP contribution in [0.3, 0.4) is 0 Å². The lowest BCUT2D eigenvalue weighted by molar-refractivity contribution is -0.133. The fourth-order valence-electron chi connectivity index (χ4n) is 6.05. The number of nitrogens with zero attached hydrogens (tertiary/aromatic N) is 6. The highest BCUT2D eigenvalue weighted by Gasteiger charge is 2.36. The Morgan fingerprint density at radius 2 is 1.74 bits per heavy atom. The van der Waals surface area contributed by atoms with Crippen molar-refractivity contribution < 1.29 is 9.18 Å². The lowest BCUT2D eigenvalue weighted by Gasteiger charge is -2.40. The number of rotatable bonds is 6. The van der Waals surface area contributed by atoms with Gasteiger partial charge in [0.1, 0.15) is 18.3 Å². The highest BCUT2D eigenvalue weighted by atomic mass is 35.5. The summed E-state index contributed by atoms with van der Waals surface area (Å²) in [6, 6.07) is 6.07. The van der Waals surface area contributed by atoms with Crippen LogP contribution in [0, 0.1) is 0 Å². The van der Waals surface area contributed by atoms with Crippen LogP contribution in [0.15, 0.2) is 24.5 Å². The average molecular weight is 564 g/mol. The van der Waals surface area contributed by atoms with Gasteiger partial charge in [-0.2, -0.15) is 0 Å². The number of piperazine rings is 2. The lowest BCUT2D eigenvalue weighted by atomic mass is 9.96. The number of alkyl halides is 1. The maximum absolute atomic E-state index is 14.5. The molecule has 0 N–H and O–H groups in total. The molecule has 10 heteroatoms. The molecule has 0 radical (unpaired) electrons. The average Bonchev–Trinajstić information content (AvgIpc) is 3.22. The van der Waals surface area contributed by atoms with Crippen LogP contribution in [0.25, 0.3) is 0 Å². The molecule has 3 heterocycles. The van der Waals surface area contributed by atoms with Crippen LogP contribution < -0.4 is 4.90 Å². The largest absolute Gasteiger partial charge is 0.353 e. The van der Waals surface area contributed by atoms with Gasteiger partial charge in [-0.15, -0.1) is 0 Å². The molecule has 1 aromatic heterocycles. The molecule has 3 aliphatic rings. The molecule has 5 rings (SSSR count). The summed E-state index contributed by atoms with van der Waals surface area (Å²) in [5.74, 6) is 0.696. The normalized spacial score (nSPS) is 23.7. The number of anilines is 1. The SMILES string of the molecule is CC(C)N1CCN(C[C@@H](C(=O)N2CCN(c3ncnc4c3[C@H](C)C[C@@H]4F)CC2)c2ccc(Cl)c(Cl)c2)CC1. The van der Waals surface area contributed by atoms with Gasteiger partial charge in [0.2, 0.25) is 5.91 Å². The van der Waals surface area contributed by atoms with Gasteiger partial charge < -0.3 is 9.80 Å². The third kappa shape index (κ3) is 5.64. The topological polar surface area (TPSA) is 55.8 Å². The molecular weight excluding hydrogens is 526 g/mol. The number of hydrogen-bond acceptors (Lipinski definition) is 6. The predicted molar refractivity (Wildman–Crippen MR) is 150 cm³/mol. The summed E-state index contributed by atoms with van der Waals surface area (Å²) in [7, 11) is 0. The lowest BCUT2D eigenvalue weighted by Crippen LogP contribution is -2.53. The van der Waals surface area contributed by atoms with Gasteiger partial charge >= 0.3 is 0 Å². The maximum Gasteiger partial charge on any atom is 0.231 e. The Kier molecular flexibility index (Phi) is 8.43. The summed E-state index contributed by atoms with van der Waals surface area (Å²) in [6.07, 6.45) is 0.894.